The predicted molar refractivity (Wildman–Crippen MR) is 79.7 cm³/mol. The molecule has 18 heavy (non-hydrogen) atoms. The Morgan fingerprint density at radius 1 is 1.11 bits per heavy atom. The van der Waals surface area contributed by atoms with Gasteiger partial charge in [-0.25, -0.2) is 0 Å². The topological polar surface area (TPSA) is 12.0 Å². The lowest BCUT2D eigenvalue weighted by atomic mass is 9.78. The van der Waals surface area contributed by atoms with E-state index < -0.39 is 0 Å². The van der Waals surface area contributed by atoms with Crippen molar-refractivity contribution in [2.24, 2.45) is 23.2 Å². The van der Waals surface area contributed by atoms with Gasteiger partial charge in [-0.05, 0) is 55.4 Å². The van der Waals surface area contributed by atoms with Gasteiger partial charge >= 0.3 is 0 Å². The maximum Gasteiger partial charge on any atom is 0.000793 e. The molecule has 0 amide bonds. The molecule has 0 saturated heterocycles. The van der Waals surface area contributed by atoms with Gasteiger partial charge in [0.25, 0.3) is 0 Å². The van der Waals surface area contributed by atoms with Gasteiger partial charge in [-0.2, -0.15) is 0 Å². The predicted octanol–water partition coefficient (Wildman–Crippen LogP) is 4.62. The fraction of sp³-hybridized carbons (Fsp3) is 1.00. The van der Waals surface area contributed by atoms with Gasteiger partial charge in [0.05, 0.1) is 0 Å². The van der Waals surface area contributed by atoms with Gasteiger partial charge in [-0.15, -0.1) is 0 Å². The summed E-state index contributed by atoms with van der Waals surface area (Å²) in [6, 6.07) is 0. The monoisotopic (exact) mass is 251 g/mol. The molecule has 0 aliphatic heterocycles. The highest BCUT2D eigenvalue weighted by Gasteiger charge is 2.41. The van der Waals surface area contributed by atoms with Gasteiger partial charge in [0.2, 0.25) is 0 Å². The van der Waals surface area contributed by atoms with Crippen LogP contribution in [0.25, 0.3) is 0 Å². The van der Waals surface area contributed by atoms with E-state index in [0.717, 1.165) is 17.8 Å². The Kier molecular flexibility index (Phi) is 5.12. The Labute approximate surface area is 114 Å². The van der Waals surface area contributed by atoms with E-state index in [1.807, 2.05) is 0 Å². The van der Waals surface area contributed by atoms with Crippen molar-refractivity contribution in [2.45, 2.75) is 72.1 Å². The summed E-state index contributed by atoms with van der Waals surface area (Å²) >= 11 is 0. The molecule has 2 fully saturated rings. The summed E-state index contributed by atoms with van der Waals surface area (Å²) in [5, 5.41) is 3.72. The standard InChI is InChI=1S/C17H33N/c1-14(2)12-18-13-17(3,16-8-9-16)11-10-15-6-4-5-7-15/h14-16,18H,4-13H2,1-3H3. The molecule has 0 bridgehead atoms. The van der Waals surface area contributed by atoms with Crippen molar-refractivity contribution >= 4 is 0 Å². The third kappa shape index (κ3) is 4.26. The normalized spacial score (nSPS) is 24.7. The molecule has 0 aromatic carbocycles. The minimum atomic E-state index is 0.595. The van der Waals surface area contributed by atoms with Crippen LogP contribution in [0.1, 0.15) is 72.1 Å². The van der Waals surface area contributed by atoms with Crippen molar-refractivity contribution in [2.75, 3.05) is 13.1 Å². The molecule has 1 nitrogen and oxygen atoms in total. The van der Waals surface area contributed by atoms with E-state index in [1.54, 1.807) is 0 Å². The second-order valence-corrected chi connectivity index (χ2v) is 7.64. The van der Waals surface area contributed by atoms with Crippen LogP contribution in [0.4, 0.5) is 0 Å². The Balaban J connectivity index is 1.74. The van der Waals surface area contributed by atoms with Crippen LogP contribution in [0.5, 0.6) is 0 Å². The van der Waals surface area contributed by atoms with Gasteiger partial charge in [0.1, 0.15) is 0 Å². The number of hydrogen-bond donors (Lipinski definition) is 1. The van der Waals surface area contributed by atoms with Crippen LogP contribution in [0.15, 0.2) is 0 Å². The summed E-state index contributed by atoms with van der Waals surface area (Å²) in [5.74, 6) is 2.87. The summed E-state index contributed by atoms with van der Waals surface area (Å²) in [5.41, 5.74) is 0.595. The van der Waals surface area contributed by atoms with Crippen LogP contribution < -0.4 is 5.32 Å². The molecule has 1 unspecified atom stereocenters. The summed E-state index contributed by atoms with van der Waals surface area (Å²) in [6.07, 6.45) is 12.0. The quantitative estimate of drug-likeness (QED) is 0.664. The number of hydrogen-bond acceptors (Lipinski definition) is 1. The van der Waals surface area contributed by atoms with Crippen LogP contribution in [0.2, 0.25) is 0 Å². The van der Waals surface area contributed by atoms with E-state index in [2.05, 4.69) is 26.1 Å². The van der Waals surface area contributed by atoms with E-state index in [1.165, 1.54) is 64.5 Å². The maximum atomic E-state index is 3.72. The van der Waals surface area contributed by atoms with E-state index in [0.29, 0.717) is 5.41 Å². The first kappa shape index (κ1) is 14.4. The maximum absolute atomic E-state index is 3.72. The van der Waals surface area contributed by atoms with Crippen molar-refractivity contribution in [1.82, 2.24) is 5.32 Å². The fourth-order valence-corrected chi connectivity index (χ4v) is 3.70. The lowest BCUT2D eigenvalue weighted by Gasteiger charge is -2.32. The number of nitrogens with one attached hydrogen (secondary N) is 1. The lowest BCUT2D eigenvalue weighted by Crippen LogP contribution is -2.35. The van der Waals surface area contributed by atoms with Crippen molar-refractivity contribution in [1.29, 1.82) is 0 Å². The third-order valence-electron chi connectivity index (χ3n) is 5.24. The zero-order valence-electron chi connectivity index (χ0n) is 12.8. The van der Waals surface area contributed by atoms with Crippen molar-refractivity contribution < 1.29 is 0 Å². The largest absolute Gasteiger partial charge is 0.316 e. The van der Waals surface area contributed by atoms with Gasteiger partial charge < -0.3 is 5.32 Å². The van der Waals surface area contributed by atoms with E-state index in [4.69, 9.17) is 0 Å². The molecule has 1 heteroatoms. The summed E-state index contributed by atoms with van der Waals surface area (Å²) in [6.45, 7) is 9.60. The van der Waals surface area contributed by atoms with Gasteiger partial charge in [-0.1, -0.05) is 46.5 Å². The van der Waals surface area contributed by atoms with Crippen molar-refractivity contribution in [3.05, 3.63) is 0 Å². The highest BCUT2D eigenvalue weighted by atomic mass is 14.9. The summed E-state index contributed by atoms with van der Waals surface area (Å²) in [7, 11) is 0. The van der Waals surface area contributed by atoms with Gasteiger partial charge in [0.15, 0.2) is 0 Å². The average molecular weight is 251 g/mol. The van der Waals surface area contributed by atoms with Crippen molar-refractivity contribution in [3.63, 3.8) is 0 Å². The molecule has 2 rings (SSSR count). The Bertz CT molecular complexity index is 238. The molecule has 0 aromatic rings. The number of rotatable bonds is 8. The van der Waals surface area contributed by atoms with Gasteiger partial charge in [-0.3, -0.25) is 0 Å². The lowest BCUT2D eigenvalue weighted by molar-refractivity contribution is 0.212. The van der Waals surface area contributed by atoms with Gasteiger partial charge in [0, 0.05) is 6.54 Å². The van der Waals surface area contributed by atoms with Crippen LogP contribution in [0, 0.1) is 23.2 Å². The minimum absolute atomic E-state index is 0.595. The molecule has 0 heterocycles. The first-order chi connectivity index (χ1) is 8.60. The second-order valence-electron chi connectivity index (χ2n) is 7.64. The molecule has 2 aliphatic rings. The highest BCUT2D eigenvalue weighted by Crippen LogP contribution is 2.49. The molecule has 1 atom stereocenters. The molecule has 1 N–H and O–H groups in total. The highest BCUT2D eigenvalue weighted by molar-refractivity contribution is 4.93. The first-order valence-electron chi connectivity index (χ1n) is 8.31. The summed E-state index contributed by atoms with van der Waals surface area (Å²) in [4.78, 5) is 0. The molecule has 2 aliphatic carbocycles. The average Bonchev–Trinajstić information content (AvgIpc) is 3.05. The Hall–Kier alpha value is -0.0400. The van der Waals surface area contributed by atoms with Crippen molar-refractivity contribution in [3.8, 4) is 0 Å². The SMILES string of the molecule is CC(C)CNCC(C)(CCC1CCCC1)C1CC1. The second kappa shape index (κ2) is 6.41. The molecular formula is C17H33N. The molecule has 0 spiro atoms. The fourth-order valence-electron chi connectivity index (χ4n) is 3.70. The van der Waals surface area contributed by atoms with E-state index in [-0.39, 0.29) is 0 Å². The molecule has 2 saturated carbocycles. The minimum Gasteiger partial charge on any atom is -0.316 e. The third-order valence-corrected chi connectivity index (χ3v) is 5.24. The molecule has 0 aromatic heterocycles. The van der Waals surface area contributed by atoms with Crippen LogP contribution in [0.3, 0.4) is 0 Å². The van der Waals surface area contributed by atoms with E-state index >= 15 is 0 Å². The summed E-state index contributed by atoms with van der Waals surface area (Å²) < 4.78 is 0. The van der Waals surface area contributed by atoms with Crippen LogP contribution in [-0.4, -0.2) is 13.1 Å². The van der Waals surface area contributed by atoms with E-state index in [9.17, 15) is 0 Å². The Morgan fingerprint density at radius 2 is 1.78 bits per heavy atom. The van der Waals surface area contributed by atoms with Crippen LogP contribution in [-0.2, 0) is 0 Å². The zero-order valence-corrected chi connectivity index (χ0v) is 12.8. The molecule has 106 valence electrons. The smallest absolute Gasteiger partial charge is 0.000793 e. The first-order valence-corrected chi connectivity index (χ1v) is 8.31. The molecular weight excluding hydrogens is 218 g/mol. The van der Waals surface area contributed by atoms with Crippen LogP contribution >= 0.6 is 0 Å². The zero-order chi connectivity index (χ0) is 13.0. The Morgan fingerprint density at radius 3 is 2.33 bits per heavy atom. The molecule has 0 radical (unpaired) electrons.